The lowest BCUT2D eigenvalue weighted by Gasteiger charge is -2.14. The molecule has 0 N–H and O–H groups in total. The average Bonchev–Trinajstić information content (AvgIpc) is 3.64. The lowest BCUT2D eigenvalue weighted by Crippen LogP contribution is -1.95. The summed E-state index contributed by atoms with van der Waals surface area (Å²) in [5, 5.41) is 12.5. The molecular formula is C58H37N. The summed E-state index contributed by atoms with van der Waals surface area (Å²) in [6.07, 6.45) is 0. The van der Waals surface area contributed by atoms with E-state index < -0.39 is 0 Å². The number of nitrogens with zero attached hydrogens (tertiary/aromatic N) is 1. The third-order valence-corrected chi connectivity index (χ3v) is 12.3. The highest BCUT2D eigenvalue weighted by molar-refractivity contribution is 6.25. The summed E-state index contributed by atoms with van der Waals surface area (Å²) in [6, 6.07) is 82.7. The van der Waals surface area contributed by atoms with Gasteiger partial charge in [0.25, 0.3) is 0 Å². The molecule has 1 heteroatoms. The van der Waals surface area contributed by atoms with Crippen LogP contribution in [0.25, 0.3) is 115 Å². The van der Waals surface area contributed by atoms with Crippen LogP contribution in [0.2, 0.25) is 0 Å². The minimum Gasteiger partial charge on any atom is -0.309 e. The van der Waals surface area contributed by atoms with Gasteiger partial charge >= 0.3 is 0 Å². The first-order valence-electron chi connectivity index (χ1n) is 20.4. The van der Waals surface area contributed by atoms with Gasteiger partial charge in [-0.15, -0.1) is 0 Å². The maximum Gasteiger partial charge on any atom is 0.0553 e. The number of hydrogen-bond donors (Lipinski definition) is 0. The largest absolute Gasteiger partial charge is 0.309 e. The molecular weight excluding hydrogens is 711 g/mol. The Morgan fingerprint density at radius 1 is 0.237 bits per heavy atom. The Bertz CT molecular complexity index is 3590. The van der Waals surface area contributed by atoms with Gasteiger partial charge in [-0.05, 0) is 136 Å². The lowest BCUT2D eigenvalue weighted by molar-refractivity contribution is 1.19. The van der Waals surface area contributed by atoms with Gasteiger partial charge in [-0.3, -0.25) is 0 Å². The molecule has 0 unspecified atom stereocenters. The maximum absolute atomic E-state index is 2.50. The van der Waals surface area contributed by atoms with Gasteiger partial charge in [-0.25, -0.2) is 0 Å². The molecule has 0 aliphatic heterocycles. The fourth-order valence-electron chi connectivity index (χ4n) is 9.35. The Morgan fingerprint density at radius 3 is 1.34 bits per heavy atom. The zero-order valence-corrected chi connectivity index (χ0v) is 32.3. The summed E-state index contributed by atoms with van der Waals surface area (Å²) in [5.41, 5.74) is 13.3. The second-order valence-electron chi connectivity index (χ2n) is 15.7. The van der Waals surface area contributed by atoms with E-state index in [0.29, 0.717) is 0 Å². The first kappa shape index (κ1) is 33.4. The summed E-state index contributed by atoms with van der Waals surface area (Å²) in [5.74, 6) is 0. The average molecular weight is 748 g/mol. The fraction of sp³-hybridized carbons (Fsp3) is 0. The van der Waals surface area contributed by atoms with E-state index in [1.807, 2.05) is 0 Å². The van der Waals surface area contributed by atoms with Gasteiger partial charge < -0.3 is 4.57 Å². The predicted octanol–water partition coefficient (Wildman–Crippen LogP) is 16.1. The third-order valence-electron chi connectivity index (χ3n) is 12.3. The van der Waals surface area contributed by atoms with Crippen molar-refractivity contribution in [2.45, 2.75) is 0 Å². The molecule has 0 saturated heterocycles. The van der Waals surface area contributed by atoms with E-state index in [1.165, 1.54) is 109 Å². The summed E-state index contributed by atoms with van der Waals surface area (Å²) in [6.45, 7) is 0. The fourth-order valence-corrected chi connectivity index (χ4v) is 9.35. The first-order chi connectivity index (χ1) is 29.2. The number of aromatic nitrogens is 1. The van der Waals surface area contributed by atoms with E-state index in [0.717, 1.165) is 5.69 Å². The Kier molecular flexibility index (Phi) is 7.61. The van der Waals surface area contributed by atoms with Crippen LogP contribution in [-0.2, 0) is 0 Å². The molecule has 11 aromatic carbocycles. The van der Waals surface area contributed by atoms with Crippen molar-refractivity contribution in [3.8, 4) is 50.2 Å². The van der Waals surface area contributed by atoms with Gasteiger partial charge in [0.1, 0.15) is 0 Å². The number of hydrogen-bond acceptors (Lipinski definition) is 0. The summed E-state index contributed by atoms with van der Waals surface area (Å²) in [7, 11) is 0. The van der Waals surface area contributed by atoms with Gasteiger partial charge in [0, 0.05) is 16.5 Å². The second kappa shape index (κ2) is 13.4. The van der Waals surface area contributed by atoms with E-state index in [1.54, 1.807) is 0 Å². The summed E-state index contributed by atoms with van der Waals surface area (Å²) in [4.78, 5) is 0. The molecule has 274 valence electrons. The molecule has 0 saturated carbocycles. The van der Waals surface area contributed by atoms with Crippen LogP contribution < -0.4 is 0 Å². The van der Waals surface area contributed by atoms with E-state index in [4.69, 9.17) is 0 Å². The van der Waals surface area contributed by atoms with Crippen molar-refractivity contribution in [3.05, 3.63) is 224 Å². The van der Waals surface area contributed by atoms with Gasteiger partial charge in [-0.1, -0.05) is 176 Å². The van der Waals surface area contributed by atoms with E-state index in [9.17, 15) is 0 Å². The summed E-state index contributed by atoms with van der Waals surface area (Å²) >= 11 is 0. The van der Waals surface area contributed by atoms with Gasteiger partial charge in [0.2, 0.25) is 0 Å². The zero-order chi connectivity index (χ0) is 38.9. The molecule has 0 atom stereocenters. The predicted molar refractivity (Wildman–Crippen MR) is 253 cm³/mol. The molecule has 1 aromatic heterocycles. The molecule has 0 aliphatic carbocycles. The highest BCUT2D eigenvalue weighted by atomic mass is 15.0. The van der Waals surface area contributed by atoms with Crippen molar-refractivity contribution in [1.29, 1.82) is 0 Å². The van der Waals surface area contributed by atoms with Crippen molar-refractivity contribution < 1.29 is 0 Å². The van der Waals surface area contributed by atoms with Crippen LogP contribution in [0.3, 0.4) is 0 Å². The summed E-state index contributed by atoms with van der Waals surface area (Å²) < 4.78 is 2.50. The molecule has 0 aliphatic rings. The standard InChI is InChI=1S/C58H37N/c1-3-11-38(12-4-1)42-19-21-45-33-47(24-23-44(45)31-42)49-28-30-54-56(36-49)59(51-29-27-40-15-7-8-16-41(40)35-51)57-37-55(52-17-9-10-18-53(52)58(54)57)50-26-25-46-32-43(20-22-48(46)34-50)39-13-5-2-6-14-39/h1-37H. The van der Waals surface area contributed by atoms with Crippen LogP contribution in [0.15, 0.2) is 224 Å². The smallest absolute Gasteiger partial charge is 0.0553 e. The van der Waals surface area contributed by atoms with Crippen LogP contribution in [0.5, 0.6) is 0 Å². The Morgan fingerprint density at radius 2 is 0.695 bits per heavy atom. The highest BCUT2D eigenvalue weighted by Gasteiger charge is 2.19. The molecule has 12 rings (SSSR count). The van der Waals surface area contributed by atoms with Crippen molar-refractivity contribution in [2.75, 3.05) is 0 Å². The molecule has 0 fully saturated rings. The van der Waals surface area contributed by atoms with E-state index in [-0.39, 0.29) is 0 Å². The minimum absolute atomic E-state index is 1.15. The molecule has 0 radical (unpaired) electrons. The third kappa shape index (κ3) is 5.62. The van der Waals surface area contributed by atoms with Crippen molar-refractivity contribution in [1.82, 2.24) is 4.57 Å². The monoisotopic (exact) mass is 747 g/mol. The maximum atomic E-state index is 2.50. The molecule has 0 amide bonds. The molecule has 12 aromatic rings. The Balaban J connectivity index is 1.07. The van der Waals surface area contributed by atoms with Gasteiger partial charge in [-0.2, -0.15) is 0 Å². The minimum atomic E-state index is 1.15. The van der Waals surface area contributed by atoms with Gasteiger partial charge in [0.05, 0.1) is 11.0 Å². The highest BCUT2D eigenvalue weighted by Crippen LogP contribution is 2.43. The van der Waals surface area contributed by atoms with Crippen molar-refractivity contribution in [2.24, 2.45) is 0 Å². The SMILES string of the molecule is c1ccc(-c2ccc3cc(-c4ccc5c6c7ccccc7c(-c7ccc8cc(-c9ccccc9)ccc8c7)cc6n(-c6ccc7ccccc7c6)c5c4)ccc3c2)cc1. The lowest BCUT2D eigenvalue weighted by atomic mass is 9.92. The normalized spacial score (nSPS) is 11.7. The van der Waals surface area contributed by atoms with Crippen LogP contribution in [-0.4, -0.2) is 4.57 Å². The molecule has 0 bridgehead atoms. The van der Waals surface area contributed by atoms with Crippen LogP contribution in [0.4, 0.5) is 0 Å². The van der Waals surface area contributed by atoms with E-state index >= 15 is 0 Å². The molecule has 59 heavy (non-hydrogen) atoms. The Hall–Kier alpha value is -7.74. The number of fused-ring (bicyclic) bond motifs is 8. The molecule has 0 spiro atoms. The molecule has 1 nitrogen and oxygen atoms in total. The van der Waals surface area contributed by atoms with Crippen molar-refractivity contribution >= 4 is 64.9 Å². The van der Waals surface area contributed by atoms with Crippen LogP contribution in [0.1, 0.15) is 0 Å². The zero-order valence-electron chi connectivity index (χ0n) is 32.3. The first-order valence-corrected chi connectivity index (χ1v) is 20.4. The van der Waals surface area contributed by atoms with Crippen LogP contribution >= 0.6 is 0 Å². The Labute approximate surface area is 342 Å². The number of benzene rings is 11. The van der Waals surface area contributed by atoms with Crippen molar-refractivity contribution in [3.63, 3.8) is 0 Å². The second-order valence-corrected chi connectivity index (χ2v) is 15.7. The number of rotatable bonds is 5. The van der Waals surface area contributed by atoms with Gasteiger partial charge in [0.15, 0.2) is 0 Å². The van der Waals surface area contributed by atoms with Crippen LogP contribution in [0, 0.1) is 0 Å². The van der Waals surface area contributed by atoms with E-state index in [2.05, 4.69) is 229 Å². The quantitative estimate of drug-likeness (QED) is 0.165. The molecule has 1 heterocycles. The topological polar surface area (TPSA) is 4.93 Å².